The number of hydrogen-bond acceptors (Lipinski definition) is 9. The number of pyridine rings is 1. The van der Waals surface area contributed by atoms with Crippen LogP contribution in [0.15, 0.2) is 59.5 Å². The average molecular weight is 469 g/mol. The van der Waals surface area contributed by atoms with Crippen molar-refractivity contribution in [3.8, 4) is 22.7 Å². The molecular formula is C26H28N8O. The van der Waals surface area contributed by atoms with Crippen molar-refractivity contribution in [2.24, 2.45) is 5.92 Å². The zero-order chi connectivity index (χ0) is 23.8. The molecule has 1 saturated heterocycles. The van der Waals surface area contributed by atoms with Crippen LogP contribution >= 0.6 is 0 Å². The van der Waals surface area contributed by atoms with Crippen LogP contribution in [0.5, 0.6) is 0 Å². The highest BCUT2D eigenvalue weighted by atomic mass is 16.5. The van der Waals surface area contributed by atoms with Crippen molar-refractivity contribution in [2.75, 3.05) is 36.8 Å². The highest BCUT2D eigenvalue weighted by Crippen LogP contribution is 2.50. The third-order valence-corrected chi connectivity index (χ3v) is 7.19. The first-order valence-corrected chi connectivity index (χ1v) is 12.1. The molecule has 9 nitrogen and oxygen atoms in total. The molecule has 9 heteroatoms. The van der Waals surface area contributed by atoms with Gasteiger partial charge in [0.2, 0.25) is 0 Å². The number of nitrogens with zero attached hydrogens (tertiary/aromatic N) is 6. The van der Waals surface area contributed by atoms with Crippen LogP contribution in [0.2, 0.25) is 0 Å². The number of anilines is 2. The lowest BCUT2D eigenvalue weighted by molar-refractivity contribution is 0.386. The fraction of sp³-hybridized carbons (Fsp3) is 0.346. The van der Waals surface area contributed by atoms with Crippen molar-refractivity contribution in [2.45, 2.75) is 25.2 Å². The number of nitrogen functional groups attached to an aromatic ring is 1. The second-order valence-electron chi connectivity index (χ2n) is 9.45. The van der Waals surface area contributed by atoms with Gasteiger partial charge in [0.15, 0.2) is 5.82 Å². The Balaban J connectivity index is 1.26. The summed E-state index contributed by atoms with van der Waals surface area (Å²) in [4.78, 5) is 20.4. The molecule has 35 heavy (non-hydrogen) atoms. The molecule has 1 aliphatic heterocycles. The summed E-state index contributed by atoms with van der Waals surface area (Å²) in [6.07, 6.45) is 7.59. The third kappa shape index (κ3) is 4.12. The van der Waals surface area contributed by atoms with Crippen molar-refractivity contribution < 1.29 is 4.52 Å². The van der Waals surface area contributed by atoms with Crippen LogP contribution in [-0.2, 0) is 5.41 Å². The van der Waals surface area contributed by atoms with Crippen LogP contribution in [0.1, 0.15) is 31.2 Å². The van der Waals surface area contributed by atoms with E-state index in [-0.39, 0.29) is 5.41 Å². The number of rotatable bonds is 6. The molecule has 0 bridgehead atoms. The van der Waals surface area contributed by atoms with Crippen LogP contribution in [0.25, 0.3) is 22.7 Å². The van der Waals surface area contributed by atoms with Gasteiger partial charge in [0, 0.05) is 37.9 Å². The molecule has 0 amide bonds. The van der Waals surface area contributed by atoms with Gasteiger partial charge in [-0.2, -0.15) is 4.98 Å². The Labute approximate surface area is 203 Å². The molecule has 3 aromatic heterocycles. The highest BCUT2D eigenvalue weighted by molar-refractivity contribution is 5.64. The number of nitrogens with two attached hydrogens (primary N) is 1. The van der Waals surface area contributed by atoms with Crippen LogP contribution in [0.4, 0.5) is 11.6 Å². The molecule has 1 saturated carbocycles. The van der Waals surface area contributed by atoms with Crippen molar-refractivity contribution in [1.29, 1.82) is 0 Å². The van der Waals surface area contributed by atoms with E-state index in [4.69, 9.17) is 15.2 Å². The molecule has 6 rings (SSSR count). The third-order valence-electron chi connectivity index (χ3n) is 7.19. The minimum atomic E-state index is -0.339. The van der Waals surface area contributed by atoms with Gasteiger partial charge in [-0.15, -0.1) is 0 Å². The van der Waals surface area contributed by atoms with E-state index in [1.165, 1.54) is 5.56 Å². The maximum atomic E-state index is 5.73. The zero-order valence-electron chi connectivity index (χ0n) is 19.7. The van der Waals surface area contributed by atoms with Gasteiger partial charge in [0.1, 0.15) is 17.3 Å². The van der Waals surface area contributed by atoms with E-state index in [0.29, 0.717) is 29.1 Å². The average Bonchev–Trinajstić information content (AvgIpc) is 3.66. The smallest absolute Gasteiger partial charge is 0.278 e. The molecule has 1 aromatic carbocycles. The summed E-state index contributed by atoms with van der Waals surface area (Å²) in [6, 6.07) is 12.3. The fourth-order valence-electron chi connectivity index (χ4n) is 4.82. The lowest BCUT2D eigenvalue weighted by Gasteiger charge is -2.27. The van der Waals surface area contributed by atoms with E-state index in [9.17, 15) is 0 Å². The quantitative estimate of drug-likeness (QED) is 0.439. The van der Waals surface area contributed by atoms with Crippen LogP contribution in [-0.4, -0.2) is 51.3 Å². The van der Waals surface area contributed by atoms with Crippen molar-refractivity contribution >= 4 is 11.6 Å². The highest BCUT2D eigenvalue weighted by Gasteiger charge is 2.47. The van der Waals surface area contributed by atoms with Gasteiger partial charge in [0.25, 0.3) is 5.89 Å². The van der Waals surface area contributed by atoms with Crippen molar-refractivity contribution in [3.05, 3.63) is 66.4 Å². The van der Waals surface area contributed by atoms with E-state index in [1.54, 1.807) is 18.6 Å². The predicted octanol–water partition coefficient (Wildman–Crippen LogP) is 3.30. The van der Waals surface area contributed by atoms with Gasteiger partial charge in [-0.1, -0.05) is 29.4 Å². The molecule has 1 unspecified atom stereocenters. The second kappa shape index (κ2) is 8.74. The lowest BCUT2D eigenvalue weighted by atomic mass is 9.76. The summed E-state index contributed by atoms with van der Waals surface area (Å²) in [5.74, 6) is 2.94. The Morgan fingerprint density at radius 2 is 1.71 bits per heavy atom. The van der Waals surface area contributed by atoms with Gasteiger partial charge >= 0.3 is 0 Å². The molecule has 0 spiro atoms. The first kappa shape index (κ1) is 21.7. The van der Waals surface area contributed by atoms with E-state index in [1.807, 2.05) is 12.1 Å². The molecule has 3 N–H and O–H groups in total. The van der Waals surface area contributed by atoms with Gasteiger partial charge in [-0.3, -0.25) is 0 Å². The minimum absolute atomic E-state index is 0.339. The Bertz CT molecular complexity index is 1290. The molecule has 1 aliphatic carbocycles. The number of hydrogen-bond donors (Lipinski definition) is 2. The van der Waals surface area contributed by atoms with Gasteiger partial charge in [-0.25, -0.2) is 15.0 Å². The van der Waals surface area contributed by atoms with Gasteiger partial charge in [-0.05, 0) is 48.9 Å². The van der Waals surface area contributed by atoms with Crippen LogP contribution < -0.4 is 16.0 Å². The van der Waals surface area contributed by atoms with Crippen LogP contribution in [0, 0.1) is 5.92 Å². The first-order chi connectivity index (χ1) is 17.1. The topological polar surface area (TPSA) is 119 Å². The Hall–Kier alpha value is -3.85. The first-order valence-electron chi connectivity index (χ1n) is 12.1. The molecule has 1 atom stereocenters. The van der Waals surface area contributed by atoms with Crippen LogP contribution in [0.3, 0.4) is 0 Å². The maximum Gasteiger partial charge on any atom is 0.278 e. The summed E-state index contributed by atoms with van der Waals surface area (Å²) < 4.78 is 5.68. The summed E-state index contributed by atoms with van der Waals surface area (Å²) in [5.41, 5.74) is 9.27. The molecule has 2 fully saturated rings. The second-order valence-corrected chi connectivity index (χ2v) is 9.45. The Morgan fingerprint density at radius 1 is 0.943 bits per heavy atom. The molecule has 4 aromatic rings. The molecule has 178 valence electrons. The maximum absolute atomic E-state index is 5.73. The van der Waals surface area contributed by atoms with E-state index < -0.39 is 0 Å². The number of piperazine rings is 1. The Morgan fingerprint density at radius 3 is 2.37 bits per heavy atom. The molecular weight excluding hydrogens is 440 g/mol. The van der Waals surface area contributed by atoms with Gasteiger partial charge < -0.3 is 20.5 Å². The largest absolute Gasteiger partial charge is 0.384 e. The fourth-order valence-corrected chi connectivity index (χ4v) is 4.82. The summed E-state index contributed by atoms with van der Waals surface area (Å²) in [6.45, 7) is 5.96. The normalized spacial score (nSPS) is 17.8. The van der Waals surface area contributed by atoms with E-state index >= 15 is 0 Å². The summed E-state index contributed by atoms with van der Waals surface area (Å²) in [5, 5.41) is 7.76. The van der Waals surface area contributed by atoms with Gasteiger partial charge in [0.05, 0.1) is 17.8 Å². The predicted molar refractivity (Wildman–Crippen MR) is 134 cm³/mol. The monoisotopic (exact) mass is 468 g/mol. The SMILES string of the molecule is CC(c1ccc(-c2ccc(N)nc2)cc1)(c1noc(-c2cnc(N3CCNCC3)cn2)n1)C1CC1. The zero-order valence-corrected chi connectivity index (χ0v) is 19.7. The number of nitrogens with one attached hydrogen (secondary N) is 1. The molecule has 2 aliphatic rings. The Kier molecular flexibility index (Phi) is 5.41. The van der Waals surface area contributed by atoms with Crippen molar-refractivity contribution in [3.63, 3.8) is 0 Å². The van der Waals surface area contributed by atoms with E-state index in [0.717, 1.165) is 56.0 Å². The standard InChI is InChI=1S/C26H28N8O/c1-26(20-7-8-20,19-5-2-17(3-6-19)18-4-9-22(27)30-14-18)25-32-24(35-33-25)21-15-31-23(16-29-21)34-12-10-28-11-13-34/h2-6,9,14-16,20,28H,7-8,10-13H2,1H3,(H2,27,30). The molecule has 4 heterocycles. The molecule has 0 radical (unpaired) electrons. The van der Waals surface area contributed by atoms with Crippen molar-refractivity contribution in [1.82, 2.24) is 30.4 Å². The number of benzene rings is 1. The van der Waals surface area contributed by atoms with E-state index in [2.05, 4.69) is 61.5 Å². The minimum Gasteiger partial charge on any atom is -0.384 e. The summed E-state index contributed by atoms with van der Waals surface area (Å²) in [7, 11) is 0. The summed E-state index contributed by atoms with van der Waals surface area (Å²) >= 11 is 0. The lowest BCUT2D eigenvalue weighted by Crippen LogP contribution is -2.43. The number of aromatic nitrogens is 5.